The number of hydrogen-bond acceptors (Lipinski definition) is 5. The van der Waals surface area contributed by atoms with Crippen molar-refractivity contribution in [1.82, 2.24) is 9.55 Å². The van der Waals surface area contributed by atoms with Gasteiger partial charge in [-0.15, -0.1) is 11.3 Å². The monoisotopic (exact) mass is 460 g/mol. The van der Waals surface area contributed by atoms with E-state index >= 15 is 0 Å². The number of aromatic nitrogens is 2. The highest BCUT2D eigenvalue weighted by Crippen LogP contribution is 2.35. The highest BCUT2D eigenvalue weighted by atomic mass is 79.9. The number of thiophene rings is 1. The number of benzene rings is 1. The molecule has 0 unspecified atom stereocenters. The van der Waals surface area contributed by atoms with E-state index in [1.807, 2.05) is 31.2 Å². The first-order valence-electron chi connectivity index (χ1n) is 9.47. The van der Waals surface area contributed by atoms with Gasteiger partial charge in [0.25, 0.3) is 5.56 Å². The molecule has 1 aromatic carbocycles. The summed E-state index contributed by atoms with van der Waals surface area (Å²) in [6.45, 7) is 1.89. The topological polar surface area (TPSA) is 61.2 Å². The van der Waals surface area contributed by atoms with Crippen LogP contribution in [0.5, 0.6) is 0 Å². The third kappa shape index (κ3) is 3.91. The molecule has 2 heterocycles. The first-order chi connectivity index (χ1) is 13.5. The van der Waals surface area contributed by atoms with E-state index in [9.17, 15) is 9.59 Å². The van der Waals surface area contributed by atoms with Crippen molar-refractivity contribution in [3.05, 3.63) is 50.3 Å². The van der Waals surface area contributed by atoms with Crippen LogP contribution in [0, 0.1) is 6.92 Å². The van der Waals surface area contributed by atoms with E-state index in [4.69, 9.17) is 4.74 Å². The molecule has 1 fully saturated rings. The minimum atomic E-state index is -0.368. The Bertz CT molecular complexity index is 1070. The Morgan fingerprint density at radius 1 is 1.25 bits per heavy atom. The van der Waals surface area contributed by atoms with E-state index in [1.54, 1.807) is 0 Å². The number of fused-ring (bicyclic) bond motifs is 1. The molecule has 0 saturated heterocycles. The number of halogens is 1. The number of nitrogens with zero attached hydrogens (tertiary/aromatic N) is 2. The number of ether oxygens (including phenoxy) is 1. The molecule has 0 atom stereocenters. The Kier molecular flexibility index (Phi) is 5.64. The Morgan fingerprint density at radius 3 is 2.68 bits per heavy atom. The Hall–Kier alpha value is -1.99. The Morgan fingerprint density at radius 2 is 1.96 bits per heavy atom. The number of carbonyl (C=O) groups excluding carboxylic acids is 1. The summed E-state index contributed by atoms with van der Waals surface area (Å²) in [5.41, 5.74) is 1.65. The van der Waals surface area contributed by atoms with Gasteiger partial charge in [-0.2, -0.15) is 0 Å². The zero-order valence-corrected chi connectivity index (χ0v) is 18.0. The minimum absolute atomic E-state index is 0.0182. The first kappa shape index (κ1) is 19.3. The van der Waals surface area contributed by atoms with Crippen molar-refractivity contribution in [2.24, 2.45) is 0 Å². The van der Waals surface area contributed by atoms with Gasteiger partial charge < -0.3 is 4.74 Å². The first-order valence-corrected chi connectivity index (χ1v) is 11.1. The van der Waals surface area contributed by atoms with Crippen molar-refractivity contribution >= 4 is 43.5 Å². The summed E-state index contributed by atoms with van der Waals surface area (Å²) >= 11 is 4.94. The predicted molar refractivity (Wildman–Crippen MR) is 115 cm³/mol. The van der Waals surface area contributed by atoms with Crippen LogP contribution < -0.4 is 5.56 Å². The van der Waals surface area contributed by atoms with E-state index < -0.39 is 0 Å². The van der Waals surface area contributed by atoms with Gasteiger partial charge in [-0.25, -0.2) is 4.98 Å². The number of rotatable bonds is 4. The fourth-order valence-corrected chi connectivity index (χ4v) is 5.03. The van der Waals surface area contributed by atoms with Crippen LogP contribution >= 0.6 is 27.3 Å². The summed E-state index contributed by atoms with van der Waals surface area (Å²) in [5, 5.41) is 0.567. The van der Waals surface area contributed by atoms with Crippen LogP contribution in [0.2, 0.25) is 0 Å². The average molecular weight is 461 g/mol. The van der Waals surface area contributed by atoms with E-state index in [2.05, 4.69) is 20.9 Å². The minimum Gasteiger partial charge on any atom is -0.461 e. The number of aryl methyl sites for hydroxylation is 1. The molecule has 7 heteroatoms. The third-order valence-corrected chi connectivity index (χ3v) is 6.68. The van der Waals surface area contributed by atoms with Gasteiger partial charge in [0.1, 0.15) is 17.5 Å². The molecule has 1 saturated carbocycles. The van der Waals surface area contributed by atoms with Gasteiger partial charge in [0.15, 0.2) is 0 Å². The lowest BCUT2D eigenvalue weighted by Gasteiger charge is -2.21. The summed E-state index contributed by atoms with van der Waals surface area (Å²) < 4.78 is 7.91. The molecule has 0 N–H and O–H groups in total. The van der Waals surface area contributed by atoms with Crippen LogP contribution in [0.15, 0.2) is 39.9 Å². The van der Waals surface area contributed by atoms with Crippen LogP contribution in [0.25, 0.3) is 21.3 Å². The molecule has 146 valence electrons. The van der Waals surface area contributed by atoms with Crippen LogP contribution in [0.4, 0.5) is 0 Å². The van der Waals surface area contributed by atoms with Crippen molar-refractivity contribution in [1.29, 1.82) is 0 Å². The molecule has 0 aliphatic heterocycles. The van der Waals surface area contributed by atoms with Crippen molar-refractivity contribution in [3.63, 3.8) is 0 Å². The fourth-order valence-electron chi connectivity index (χ4n) is 3.76. The van der Waals surface area contributed by atoms with Gasteiger partial charge in [0, 0.05) is 14.9 Å². The predicted octanol–water partition coefficient (Wildman–Crippen LogP) is 5.07. The molecule has 5 nitrogen and oxygen atoms in total. The SMILES string of the molecule is Cc1sc2ncn(CC(=O)OC3CCCCC3)c(=O)c2c1-c1ccc(Br)cc1. The normalized spacial score (nSPS) is 15.1. The molecule has 0 bridgehead atoms. The molecule has 0 radical (unpaired) electrons. The Balaban J connectivity index is 1.66. The van der Waals surface area contributed by atoms with Crippen molar-refractivity contribution in [2.75, 3.05) is 0 Å². The molecule has 1 aliphatic carbocycles. The maximum atomic E-state index is 13.1. The van der Waals surface area contributed by atoms with E-state index in [0.717, 1.165) is 46.2 Å². The molecule has 2 aromatic heterocycles. The molecular weight excluding hydrogens is 440 g/mol. The second-order valence-corrected chi connectivity index (χ2v) is 9.27. The summed E-state index contributed by atoms with van der Waals surface area (Å²) in [7, 11) is 0. The third-order valence-electron chi connectivity index (χ3n) is 5.14. The van der Waals surface area contributed by atoms with Crippen molar-refractivity contribution < 1.29 is 9.53 Å². The molecule has 3 aromatic rings. The Labute approximate surface area is 175 Å². The highest BCUT2D eigenvalue weighted by Gasteiger charge is 2.20. The zero-order chi connectivity index (χ0) is 19.7. The van der Waals surface area contributed by atoms with Crippen LogP contribution in [-0.4, -0.2) is 21.6 Å². The molecule has 0 spiro atoms. The van der Waals surface area contributed by atoms with E-state index in [-0.39, 0.29) is 24.2 Å². The maximum absolute atomic E-state index is 13.1. The van der Waals surface area contributed by atoms with Gasteiger partial charge in [0.05, 0.1) is 11.7 Å². The van der Waals surface area contributed by atoms with Gasteiger partial charge in [-0.05, 0) is 50.3 Å². The van der Waals surface area contributed by atoms with Crippen molar-refractivity contribution in [2.45, 2.75) is 51.7 Å². The molecule has 1 aliphatic rings. The van der Waals surface area contributed by atoms with Crippen LogP contribution in [0.1, 0.15) is 37.0 Å². The smallest absolute Gasteiger partial charge is 0.326 e. The number of esters is 1. The standard InChI is InChI=1S/C21H21BrN2O3S/c1-13-18(14-7-9-15(22)10-8-14)19-20(28-13)23-12-24(21(19)26)11-17(25)27-16-5-3-2-4-6-16/h7-10,12,16H,2-6,11H2,1H3. The van der Waals surface area contributed by atoms with Crippen molar-refractivity contribution in [3.8, 4) is 11.1 Å². The second-order valence-electron chi connectivity index (χ2n) is 7.15. The van der Waals surface area contributed by atoms with Gasteiger partial charge in [-0.1, -0.05) is 34.5 Å². The van der Waals surface area contributed by atoms with Gasteiger partial charge >= 0.3 is 5.97 Å². The molecular formula is C21H21BrN2O3S. The maximum Gasteiger partial charge on any atom is 0.326 e. The van der Waals surface area contributed by atoms with E-state index in [1.165, 1.54) is 28.7 Å². The second kappa shape index (κ2) is 8.17. The number of carbonyl (C=O) groups is 1. The quantitative estimate of drug-likeness (QED) is 0.509. The fraction of sp³-hybridized carbons (Fsp3) is 0.381. The lowest BCUT2D eigenvalue weighted by molar-refractivity contribution is -0.151. The van der Waals surface area contributed by atoms with Gasteiger partial charge in [-0.3, -0.25) is 14.2 Å². The zero-order valence-electron chi connectivity index (χ0n) is 15.6. The summed E-state index contributed by atoms with van der Waals surface area (Å²) in [5.74, 6) is -0.368. The number of hydrogen-bond donors (Lipinski definition) is 0. The summed E-state index contributed by atoms with van der Waals surface area (Å²) in [4.78, 5) is 31.7. The van der Waals surface area contributed by atoms with Crippen LogP contribution in [-0.2, 0) is 16.1 Å². The lowest BCUT2D eigenvalue weighted by Crippen LogP contribution is -2.28. The average Bonchev–Trinajstić information content (AvgIpc) is 3.02. The summed E-state index contributed by atoms with van der Waals surface area (Å²) in [6.07, 6.45) is 6.64. The van der Waals surface area contributed by atoms with E-state index in [0.29, 0.717) is 10.2 Å². The largest absolute Gasteiger partial charge is 0.461 e. The summed E-state index contributed by atoms with van der Waals surface area (Å²) in [6, 6.07) is 7.86. The van der Waals surface area contributed by atoms with Crippen LogP contribution in [0.3, 0.4) is 0 Å². The lowest BCUT2D eigenvalue weighted by atomic mass is 9.98. The molecule has 0 amide bonds. The van der Waals surface area contributed by atoms with Gasteiger partial charge in [0.2, 0.25) is 0 Å². The highest BCUT2D eigenvalue weighted by molar-refractivity contribution is 9.10. The molecule has 28 heavy (non-hydrogen) atoms. The molecule has 4 rings (SSSR count).